The summed E-state index contributed by atoms with van der Waals surface area (Å²) in [4.78, 5) is 13.2. The summed E-state index contributed by atoms with van der Waals surface area (Å²) in [6.07, 6.45) is 1.88. The van der Waals surface area contributed by atoms with E-state index in [0.717, 1.165) is 37.6 Å². The summed E-state index contributed by atoms with van der Waals surface area (Å²) in [5, 5.41) is 0. The van der Waals surface area contributed by atoms with Crippen molar-refractivity contribution < 1.29 is 0 Å². The van der Waals surface area contributed by atoms with Gasteiger partial charge in [0.2, 0.25) is 0 Å². The molecule has 0 aliphatic rings. The van der Waals surface area contributed by atoms with Gasteiger partial charge >= 0.3 is 0 Å². The minimum Gasteiger partial charge on any atom is -0.370 e. The van der Waals surface area contributed by atoms with Crippen LogP contribution in [-0.4, -0.2) is 42.0 Å². The molecule has 0 saturated heterocycles. The molecule has 1 rings (SSSR count). The van der Waals surface area contributed by atoms with E-state index >= 15 is 0 Å². The summed E-state index contributed by atoms with van der Waals surface area (Å²) in [7, 11) is 0. The van der Waals surface area contributed by atoms with Crippen LogP contribution in [0.1, 0.15) is 33.3 Å². The van der Waals surface area contributed by atoms with Crippen molar-refractivity contribution in [1.29, 1.82) is 0 Å². The van der Waals surface area contributed by atoms with Crippen molar-refractivity contribution in [3.05, 3.63) is 23.9 Å². The van der Waals surface area contributed by atoms with Gasteiger partial charge in [-0.25, -0.2) is 9.98 Å². The number of hydrogen-bond donors (Lipinski definition) is 1. The van der Waals surface area contributed by atoms with Crippen LogP contribution in [0.15, 0.2) is 23.3 Å². The van der Waals surface area contributed by atoms with Gasteiger partial charge in [-0.05, 0) is 39.3 Å². The molecule has 2 N–H and O–H groups in total. The van der Waals surface area contributed by atoms with Gasteiger partial charge in [-0.15, -0.1) is 0 Å². The van der Waals surface area contributed by atoms with E-state index in [1.807, 2.05) is 17.2 Å². The average Bonchev–Trinajstić information content (AvgIpc) is 2.49. The molecule has 0 aromatic carbocycles. The van der Waals surface area contributed by atoms with Gasteiger partial charge in [-0.1, -0.05) is 6.07 Å². The molecule has 0 amide bonds. The molecule has 112 valence electrons. The van der Waals surface area contributed by atoms with Gasteiger partial charge in [-0.2, -0.15) is 0 Å². The van der Waals surface area contributed by atoms with Gasteiger partial charge < -0.3 is 15.5 Å². The first kappa shape index (κ1) is 16.3. The molecule has 5 nitrogen and oxygen atoms in total. The Morgan fingerprint density at radius 3 is 2.20 bits per heavy atom. The van der Waals surface area contributed by atoms with E-state index in [9.17, 15) is 0 Å². The van der Waals surface area contributed by atoms with E-state index in [1.165, 1.54) is 0 Å². The lowest BCUT2D eigenvalue weighted by Gasteiger charge is -2.20. The van der Waals surface area contributed by atoms with Crippen LogP contribution in [0.2, 0.25) is 0 Å². The number of anilines is 1. The summed E-state index contributed by atoms with van der Waals surface area (Å²) in [5.41, 5.74) is 7.03. The van der Waals surface area contributed by atoms with E-state index in [4.69, 9.17) is 5.73 Å². The second-order valence-electron chi connectivity index (χ2n) is 4.54. The number of nitrogens with two attached hydrogens (primary N) is 1. The number of aliphatic imine (C=N–C) groups is 1. The van der Waals surface area contributed by atoms with Gasteiger partial charge in [0.1, 0.15) is 5.82 Å². The van der Waals surface area contributed by atoms with Crippen LogP contribution < -0.4 is 10.6 Å². The maximum Gasteiger partial charge on any atom is 0.191 e. The monoisotopic (exact) mass is 277 g/mol. The van der Waals surface area contributed by atoms with Crippen LogP contribution in [0.4, 0.5) is 5.82 Å². The first-order valence-corrected chi connectivity index (χ1v) is 7.40. The third kappa shape index (κ3) is 4.40. The molecule has 1 aromatic rings. The molecule has 0 radical (unpaired) electrons. The van der Waals surface area contributed by atoms with E-state index in [0.29, 0.717) is 12.5 Å². The van der Waals surface area contributed by atoms with Crippen LogP contribution in [0.25, 0.3) is 0 Å². The van der Waals surface area contributed by atoms with Crippen LogP contribution in [0, 0.1) is 0 Å². The molecule has 0 spiro atoms. The van der Waals surface area contributed by atoms with Crippen molar-refractivity contribution in [1.82, 2.24) is 9.88 Å². The van der Waals surface area contributed by atoms with Crippen molar-refractivity contribution in [2.75, 3.05) is 31.1 Å². The van der Waals surface area contributed by atoms with Crippen LogP contribution in [0.5, 0.6) is 0 Å². The standard InChI is InChI=1S/C15H27N5/c1-5-19(6-2)14-10-9-13(11-17-14)12-18-15(16)20(7-3)8-4/h9-11H,5-8,12H2,1-4H3,(H2,16,18). The Kier molecular flexibility index (Phi) is 6.84. The Labute approximate surface area is 122 Å². The predicted molar refractivity (Wildman–Crippen MR) is 86.0 cm³/mol. The Hall–Kier alpha value is -1.78. The molecular formula is C15H27N5. The molecule has 0 atom stereocenters. The summed E-state index contributed by atoms with van der Waals surface area (Å²) < 4.78 is 0. The smallest absolute Gasteiger partial charge is 0.191 e. The zero-order chi connectivity index (χ0) is 15.0. The number of pyridine rings is 1. The van der Waals surface area contributed by atoms with Gasteiger partial charge in [0, 0.05) is 32.4 Å². The molecule has 0 unspecified atom stereocenters. The number of rotatable bonds is 7. The second kappa shape index (κ2) is 8.40. The Morgan fingerprint density at radius 1 is 1.10 bits per heavy atom. The number of hydrogen-bond acceptors (Lipinski definition) is 3. The first-order chi connectivity index (χ1) is 9.65. The van der Waals surface area contributed by atoms with E-state index < -0.39 is 0 Å². The molecule has 20 heavy (non-hydrogen) atoms. The molecule has 1 heterocycles. The fourth-order valence-corrected chi connectivity index (χ4v) is 2.06. The molecule has 0 bridgehead atoms. The summed E-state index contributed by atoms with van der Waals surface area (Å²) in [5.74, 6) is 1.61. The topological polar surface area (TPSA) is 57.8 Å². The van der Waals surface area contributed by atoms with Crippen LogP contribution >= 0.6 is 0 Å². The quantitative estimate of drug-likeness (QED) is 0.612. The highest BCUT2D eigenvalue weighted by Crippen LogP contribution is 2.11. The first-order valence-electron chi connectivity index (χ1n) is 7.40. The van der Waals surface area contributed by atoms with Gasteiger partial charge in [-0.3, -0.25) is 0 Å². The fraction of sp³-hybridized carbons (Fsp3) is 0.600. The van der Waals surface area contributed by atoms with Crippen molar-refractivity contribution in [2.45, 2.75) is 34.2 Å². The van der Waals surface area contributed by atoms with Crippen molar-refractivity contribution >= 4 is 11.8 Å². The molecular weight excluding hydrogens is 250 g/mol. The van der Waals surface area contributed by atoms with Crippen molar-refractivity contribution in [2.24, 2.45) is 10.7 Å². The lowest BCUT2D eigenvalue weighted by Crippen LogP contribution is -2.37. The number of aromatic nitrogens is 1. The summed E-state index contributed by atoms with van der Waals surface area (Å²) >= 11 is 0. The Balaban J connectivity index is 2.68. The minimum atomic E-state index is 0.577. The lowest BCUT2D eigenvalue weighted by atomic mass is 10.3. The minimum absolute atomic E-state index is 0.577. The summed E-state index contributed by atoms with van der Waals surface area (Å²) in [6.45, 7) is 12.7. The fourth-order valence-electron chi connectivity index (χ4n) is 2.06. The number of guanidine groups is 1. The number of nitrogens with zero attached hydrogens (tertiary/aromatic N) is 4. The average molecular weight is 277 g/mol. The van der Waals surface area contributed by atoms with E-state index in [2.05, 4.69) is 48.6 Å². The predicted octanol–water partition coefficient (Wildman–Crippen LogP) is 2.08. The second-order valence-corrected chi connectivity index (χ2v) is 4.54. The lowest BCUT2D eigenvalue weighted by molar-refractivity contribution is 0.458. The Bertz CT molecular complexity index is 405. The van der Waals surface area contributed by atoms with Gasteiger partial charge in [0.25, 0.3) is 0 Å². The summed E-state index contributed by atoms with van der Waals surface area (Å²) in [6, 6.07) is 4.12. The van der Waals surface area contributed by atoms with Crippen molar-refractivity contribution in [3.8, 4) is 0 Å². The highest BCUT2D eigenvalue weighted by Gasteiger charge is 2.04. The zero-order valence-electron chi connectivity index (χ0n) is 13.1. The normalized spacial score (nSPS) is 11.5. The van der Waals surface area contributed by atoms with Crippen LogP contribution in [0.3, 0.4) is 0 Å². The Morgan fingerprint density at radius 2 is 1.75 bits per heavy atom. The SMILES string of the molecule is CCN(CC)C(N)=NCc1ccc(N(CC)CC)nc1. The third-order valence-corrected chi connectivity index (χ3v) is 3.41. The van der Waals surface area contributed by atoms with E-state index in [1.54, 1.807) is 0 Å². The highest BCUT2D eigenvalue weighted by molar-refractivity contribution is 5.77. The van der Waals surface area contributed by atoms with Crippen LogP contribution in [-0.2, 0) is 6.54 Å². The largest absolute Gasteiger partial charge is 0.370 e. The van der Waals surface area contributed by atoms with Gasteiger partial charge in [0.05, 0.1) is 6.54 Å². The molecule has 5 heteroatoms. The molecule has 0 fully saturated rings. The molecule has 0 aliphatic heterocycles. The molecule has 0 saturated carbocycles. The van der Waals surface area contributed by atoms with Gasteiger partial charge in [0.15, 0.2) is 5.96 Å². The van der Waals surface area contributed by atoms with Crippen molar-refractivity contribution in [3.63, 3.8) is 0 Å². The molecule has 1 aromatic heterocycles. The van der Waals surface area contributed by atoms with E-state index in [-0.39, 0.29) is 0 Å². The third-order valence-electron chi connectivity index (χ3n) is 3.41. The molecule has 0 aliphatic carbocycles. The maximum absolute atomic E-state index is 5.96. The maximum atomic E-state index is 5.96. The zero-order valence-corrected chi connectivity index (χ0v) is 13.1. The highest BCUT2D eigenvalue weighted by atomic mass is 15.2.